The molecule has 2 nitrogen and oxygen atoms in total. The normalized spacial score (nSPS) is 20.0. The van der Waals surface area contributed by atoms with Crippen LogP contribution in [-0.4, -0.2) is 25.0 Å². The van der Waals surface area contributed by atoms with Gasteiger partial charge in [0, 0.05) is 12.1 Å². The minimum absolute atomic E-state index is 0.131. The number of nitrogens with one attached hydrogen (secondary N) is 1. The highest BCUT2D eigenvalue weighted by Gasteiger charge is 2.35. The molecule has 5 heteroatoms. The van der Waals surface area contributed by atoms with E-state index in [1.807, 2.05) is 12.1 Å². The van der Waals surface area contributed by atoms with Crippen LogP contribution in [0.1, 0.15) is 55.2 Å². The third kappa shape index (κ3) is 4.73. The number of hydrogen-bond donors (Lipinski definition) is 1. The van der Waals surface area contributed by atoms with Crippen molar-refractivity contribution < 1.29 is 13.2 Å². The van der Waals surface area contributed by atoms with Gasteiger partial charge in [-0.1, -0.05) is 31.0 Å². The summed E-state index contributed by atoms with van der Waals surface area (Å²) in [6, 6.07) is 9.60. The number of benzene rings is 2. The summed E-state index contributed by atoms with van der Waals surface area (Å²) in [6.45, 7) is 2.73. The van der Waals surface area contributed by atoms with Crippen molar-refractivity contribution in [1.29, 1.82) is 0 Å². The predicted octanol–water partition coefficient (Wildman–Crippen LogP) is 5.55. The number of piperidine rings is 1. The second kappa shape index (κ2) is 9.11. The average molecular weight is 417 g/mol. The molecule has 0 radical (unpaired) electrons. The van der Waals surface area contributed by atoms with E-state index in [2.05, 4.69) is 17.3 Å². The van der Waals surface area contributed by atoms with Crippen molar-refractivity contribution in [3.63, 3.8) is 0 Å². The Morgan fingerprint density at radius 2 is 1.63 bits per heavy atom. The maximum absolute atomic E-state index is 14.5. The molecule has 1 heterocycles. The van der Waals surface area contributed by atoms with Crippen LogP contribution in [0, 0.1) is 23.4 Å². The van der Waals surface area contributed by atoms with Gasteiger partial charge in [-0.3, -0.25) is 0 Å². The SMILES string of the molecule is CN1CCC(Cc2cc(CNC3(c4ccc(F)c(F)c4)CCCC3)ccc2F)CC1. The molecule has 162 valence electrons. The molecule has 2 aromatic carbocycles. The molecule has 1 N–H and O–H groups in total. The molecule has 0 spiro atoms. The molecule has 30 heavy (non-hydrogen) atoms. The standard InChI is InChI=1S/C25H31F3N2/c1-30-12-8-18(9-13-30)14-20-15-19(4-6-22(20)26)17-29-25(10-2-3-11-25)21-5-7-23(27)24(28)16-21/h4-7,15-16,18,29H,2-3,8-14,17H2,1H3. The summed E-state index contributed by atoms with van der Waals surface area (Å²) in [7, 11) is 2.13. The lowest BCUT2D eigenvalue weighted by atomic mass is 9.87. The molecular weight excluding hydrogens is 385 g/mol. The molecule has 4 rings (SSSR count). The Hall–Kier alpha value is -1.85. The van der Waals surface area contributed by atoms with Crippen LogP contribution in [-0.2, 0) is 18.5 Å². The van der Waals surface area contributed by atoms with E-state index in [0.29, 0.717) is 12.5 Å². The van der Waals surface area contributed by atoms with Gasteiger partial charge in [0.1, 0.15) is 5.82 Å². The summed E-state index contributed by atoms with van der Waals surface area (Å²) in [4.78, 5) is 2.33. The molecule has 0 aromatic heterocycles. The van der Waals surface area contributed by atoms with Gasteiger partial charge in [-0.2, -0.15) is 0 Å². The highest BCUT2D eigenvalue weighted by Crippen LogP contribution is 2.39. The molecule has 0 atom stereocenters. The Balaban J connectivity index is 1.47. The van der Waals surface area contributed by atoms with Crippen LogP contribution in [0.5, 0.6) is 0 Å². The third-order valence-corrected chi connectivity index (χ3v) is 7.02. The zero-order valence-corrected chi connectivity index (χ0v) is 17.7. The Labute approximate surface area is 177 Å². The first-order chi connectivity index (χ1) is 14.4. The van der Waals surface area contributed by atoms with E-state index in [1.54, 1.807) is 12.1 Å². The summed E-state index contributed by atoms with van der Waals surface area (Å²) < 4.78 is 41.7. The van der Waals surface area contributed by atoms with Gasteiger partial charge in [0.25, 0.3) is 0 Å². The minimum atomic E-state index is -0.816. The van der Waals surface area contributed by atoms with Gasteiger partial charge in [-0.05, 0) is 93.0 Å². The van der Waals surface area contributed by atoms with Gasteiger partial charge < -0.3 is 10.2 Å². The lowest BCUT2D eigenvalue weighted by Gasteiger charge is -2.32. The van der Waals surface area contributed by atoms with Gasteiger partial charge in [-0.15, -0.1) is 0 Å². The summed E-state index contributed by atoms with van der Waals surface area (Å²) in [5, 5.41) is 3.61. The number of likely N-dealkylation sites (tertiary alicyclic amines) is 1. The predicted molar refractivity (Wildman–Crippen MR) is 114 cm³/mol. The molecule has 0 amide bonds. The van der Waals surface area contributed by atoms with Crippen molar-refractivity contribution in [2.75, 3.05) is 20.1 Å². The van der Waals surface area contributed by atoms with Crippen molar-refractivity contribution in [3.05, 3.63) is 70.5 Å². The Morgan fingerprint density at radius 3 is 2.33 bits per heavy atom. The van der Waals surface area contributed by atoms with E-state index >= 15 is 0 Å². The smallest absolute Gasteiger partial charge is 0.159 e. The molecule has 2 fully saturated rings. The first kappa shape index (κ1) is 21.4. The molecule has 1 saturated heterocycles. The Morgan fingerprint density at radius 1 is 0.933 bits per heavy atom. The van der Waals surface area contributed by atoms with Crippen molar-refractivity contribution in [1.82, 2.24) is 10.2 Å². The fourth-order valence-corrected chi connectivity index (χ4v) is 5.08. The highest BCUT2D eigenvalue weighted by atomic mass is 19.2. The summed E-state index contributed by atoms with van der Waals surface area (Å²) in [5.74, 6) is -1.22. The van der Waals surface area contributed by atoms with Gasteiger partial charge in [-0.25, -0.2) is 13.2 Å². The fourth-order valence-electron chi connectivity index (χ4n) is 5.08. The molecule has 1 aliphatic heterocycles. The van der Waals surface area contributed by atoms with E-state index in [4.69, 9.17) is 0 Å². The zero-order chi connectivity index (χ0) is 21.1. The second-order valence-corrected chi connectivity index (χ2v) is 9.15. The second-order valence-electron chi connectivity index (χ2n) is 9.15. The maximum Gasteiger partial charge on any atom is 0.159 e. The van der Waals surface area contributed by atoms with E-state index in [-0.39, 0.29) is 11.4 Å². The molecule has 1 saturated carbocycles. The maximum atomic E-state index is 14.5. The average Bonchev–Trinajstić information content (AvgIpc) is 3.22. The van der Waals surface area contributed by atoms with Crippen molar-refractivity contribution >= 4 is 0 Å². The molecule has 2 aliphatic rings. The largest absolute Gasteiger partial charge is 0.306 e. The number of nitrogens with zero attached hydrogens (tertiary/aromatic N) is 1. The van der Waals surface area contributed by atoms with Gasteiger partial charge in [0.2, 0.25) is 0 Å². The van der Waals surface area contributed by atoms with Crippen LogP contribution >= 0.6 is 0 Å². The Bertz CT molecular complexity index is 869. The van der Waals surface area contributed by atoms with Gasteiger partial charge >= 0.3 is 0 Å². The fraction of sp³-hybridized carbons (Fsp3) is 0.520. The van der Waals surface area contributed by atoms with E-state index in [0.717, 1.165) is 74.7 Å². The van der Waals surface area contributed by atoms with E-state index < -0.39 is 11.6 Å². The molecular formula is C25H31F3N2. The van der Waals surface area contributed by atoms with E-state index in [1.165, 1.54) is 12.1 Å². The number of rotatable bonds is 6. The van der Waals surface area contributed by atoms with Gasteiger partial charge in [0.15, 0.2) is 11.6 Å². The van der Waals surface area contributed by atoms with Crippen molar-refractivity contribution in [2.45, 2.75) is 57.0 Å². The zero-order valence-electron chi connectivity index (χ0n) is 17.7. The van der Waals surface area contributed by atoms with Crippen LogP contribution in [0.3, 0.4) is 0 Å². The topological polar surface area (TPSA) is 15.3 Å². The highest BCUT2D eigenvalue weighted by molar-refractivity contribution is 5.29. The first-order valence-electron chi connectivity index (χ1n) is 11.1. The summed E-state index contributed by atoms with van der Waals surface area (Å²) in [5.41, 5.74) is 2.27. The van der Waals surface area contributed by atoms with Crippen LogP contribution in [0.15, 0.2) is 36.4 Å². The lowest BCUT2D eigenvalue weighted by molar-refractivity contribution is 0.218. The van der Waals surface area contributed by atoms with Crippen LogP contribution in [0.2, 0.25) is 0 Å². The Kier molecular flexibility index (Phi) is 6.49. The molecule has 2 aromatic rings. The first-order valence-corrected chi connectivity index (χ1v) is 11.1. The number of hydrogen-bond acceptors (Lipinski definition) is 2. The van der Waals surface area contributed by atoms with E-state index in [9.17, 15) is 13.2 Å². The molecule has 0 unspecified atom stereocenters. The van der Waals surface area contributed by atoms with Crippen molar-refractivity contribution in [2.24, 2.45) is 5.92 Å². The third-order valence-electron chi connectivity index (χ3n) is 7.02. The summed E-state index contributed by atoms with van der Waals surface area (Å²) in [6.07, 6.45) is 6.88. The molecule has 0 bridgehead atoms. The monoisotopic (exact) mass is 416 g/mol. The van der Waals surface area contributed by atoms with Crippen LogP contribution in [0.4, 0.5) is 13.2 Å². The number of halogens is 3. The van der Waals surface area contributed by atoms with Crippen LogP contribution in [0.25, 0.3) is 0 Å². The summed E-state index contributed by atoms with van der Waals surface area (Å²) >= 11 is 0. The van der Waals surface area contributed by atoms with Crippen LogP contribution < -0.4 is 5.32 Å². The minimum Gasteiger partial charge on any atom is -0.306 e. The van der Waals surface area contributed by atoms with Gasteiger partial charge in [0.05, 0.1) is 0 Å². The lowest BCUT2D eigenvalue weighted by Crippen LogP contribution is -2.39. The quantitative estimate of drug-likeness (QED) is 0.664. The molecule has 1 aliphatic carbocycles. The van der Waals surface area contributed by atoms with Crippen molar-refractivity contribution in [3.8, 4) is 0 Å².